The molecule has 0 atom stereocenters. The van der Waals surface area contributed by atoms with Crippen LogP contribution in [0.1, 0.15) is 59.3 Å². The molecule has 0 heterocycles. The Hall–Kier alpha value is -2.92. The minimum absolute atomic E-state index is 0.680. The molecule has 3 rings (SSSR count). The quantitative estimate of drug-likeness (QED) is 0.209. The summed E-state index contributed by atoms with van der Waals surface area (Å²) >= 11 is 0. The van der Waals surface area contributed by atoms with Gasteiger partial charge in [0.2, 0.25) is 0 Å². The van der Waals surface area contributed by atoms with Gasteiger partial charge in [-0.15, -0.1) is 0 Å². The minimum Gasteiger partial charge on any atom is -0.490 e. The van der Waals surface area contributed by atoms with E-state index in [2.05, 4.69) is 25.7 Å². The lowest BCUT2D eigenvalue weighted by atomic mass is 10.2. The van der Waals surface area contributed by atoms with E-state index in [9.17, 15) is 0 Å². The lowest BCUT2D eigenvalue weighted by molar-refractivity contribution is 0.261. The number of para-hydroxylation sites is 3. The van der Waals surface area contributed by atoms with Crippen molar-refractivity contribution in [1.29, 1.82) is 0 Å². The standard InChI is InChI=1S/C18H15BO3.C12H27N/c1-4-10-16(11-5-1)20-19(21-17-12-6-2-7-13-17)22-18-14-8-3-9-15-18;1-4-7-10-13(11-8-5-2)12-9-6-3/h1-15H;4-12H2,1-3H3. The molecule has 0 aliphatic heterocycles. The van der Waals surface area contributed by atoms with Gasteiger partial charge in [0.05, 0.1) is 0 Å². The highest BCUT2D eigenvalue weighted by atomic mass is 16.7. The number of hydrogen-bond acceptors (Lipinski definition) is 4. The van der Waals surface area contributed by atoms with E-state index in [4.69, 9.17) is 14.0 Å². The van der Waals surface area contributed by atoms with Crippen LogP contribution in [0.5, 0.6) is 17.2 Å². The fourth-order valence-electron chi connectivity index (χ4n) is 3.38. The summed E-state index contributed by atoms with van der Waals surface area (Å²) < 4.78 is 17.3. The first-order chi connectivity index (χ1) is 17.2. The summed E-state index contributed by atoms with van der Waals surface area (Å²) in [5.74, 6) is 2.04. The number of nitrogens with zero attached hydrogens (tertiary/aromatic N) is 1. The summed E-state index contributed by atoms with van der Waals surface area (Å²) in [6.45, 7) is 10.8. The van der Waals surface area contributed by atoms with Crippen LogP contribution in [0.15, 0.2) is 91.0 Å². The molecule has 0 spiro atoms. The molecule has 0 aliphatic carbocycles. The summed E-state index contributed by atoms with van der Waals surface area (Å²) in [4.78, 5) is 2.64. The first-order valence-electron chi connectivity index (χ1n) is 13.1. The van der Waals surface area contributed by atoms with E-state index in [-0.39, 0.29) is 0 Å². The topological polar surface area (TPSA) is 30.9 Å². The Morgan fingerprint density at radius 2 is 0.771 bits per heavy atom. The fourth-order valence-corrected chi connectivity index (χ4v) is 3.38. The second kappa shape index (κ2) is 18.4. The SMILES string of the molecule is CCCCN(CCCC)CCCC.c1ccc(OB(Oc2ccccc2)Oc2ccccc2)cc1. The molecular formula is C30H42BNO3. The molecular weight excluding hydrogens is 433 g/mol. The van der Waals surface area contributed by atoms with Crippen LogP contribution in [0.4, 0.5) is 0 Å². The van der Waals surface area contributed by atoms with E-state index in [0.717, 1.165) is 0 Å². The maximum absolute atomic E-state index is 5.78. The van der Waals surface area contributed by atoms with Crippen molar-refractivity contribution in [2.45, 2.75) is 59.3 Å². The van der Waals surface area contributed by atoms with Crippen molar-refractivity contribution in [3.05, 3.63) is 91.0 Å². The van der Waals surface area contributed by atoms with Crippen LogP contribution in [0.25, 0.3) is 0 Å². The molecule has 0 saturated carbocycles. The molecule has 0 unspecified atom stereocenters. The number of benzene rings is 3. The van der Waals surface area contributed by atoms with Crippen LogP contribution in [-0.4, -0.2) is 31.9 Å². The van der Waals surface area contributed by atoms with Gasteiger partial charge in [-0.05, 0) is 75.3 Å². The van der Waals surface area contributed by atoms with Crippen LogP contribution < -0.4 is 14.0 Å². The Morgan fingerprint density at radius 3 is 1.03 bits per heavy atom. The largest absolute Gasteiger partial charge is 0.864 e. The van der Waals surface area contributed by atoms with Gasteiger partial charge in [0, 0.05) is 0 Å². The number of rotatable bonds is 15. The predicted octanol–water partition coefficient (Wildman–Crippen LogP) is 7.90. The van der Waals surface area contributed by atoms with E-state index in [1.54, 1.807) is 0 Å². The van der Waals surface area contributed by atoms with Gasteiger partial charge < -0.3 is 18.9 Å². The Morgan fingerprint density at radius 1 is 0.486 bits per heavy atom. The molecule has 35 heavy (non-hydrogen) atoms. The molecule has 3 aromatic carbocycles. The van der Waals surface area contributed by atoms with Gasteiger partial charge in [-0.1, -0.05) is 94.6 Å². The second-order valence-electron chi connectivity index (χ2n) is 8.48. The summed E-state index contributed by atoms with van der Waals surface area (Å²) in [5.41, 5.74) is 0. The zero-order valence-electron chi connectivity index (χ0n) is 21.8. The van der Waals surface area contributed by atoms with Gasteiger partial charge in [0.1, 0.15) is 17.2 Å². The van der Waals surface area contributed by atoms with E-state index in [1.807, 2.05) is 91.0 Å². The van der Waals surface area contributed by atoms with E-state index in [1.165, 1.54) is 58.2 Å². The van der Waals surface area contributed by atoms with Crippen molar-refractivity contribution in [1.82, 2.24) is 4.90 Å². The molecule has 0 radical (unpaired) electrons. The summed E-state index contributed by atoms with van der Waals surface area (Å²) in [6, 6.07) is 28.3. The summed E-state index contributed by atoms with van der Waals surface area (Å²) in [7, 11) is -0.868. The van der Waals surface area contributed by atoms with Crippen molar-refractivity contribution in [3.63, 3.8) is 0 Å². The Kier molecular flexibility index (Phi) is 14.9. The highest BCUT2D eigenvalue weighted by molar-refractivity contribution is 6.39. The predicted molar refractivity (Wildman–Crippen MR) is 148 cm³/mol. The average molecular weight is 475 g/mol. The lowest BCUT2D eigenvalue weighted by Crippen LogP contribution is -2.36. The third-order valence-corrected chi connectivity index (χ3v) is 5.41. The van der Waals surface area contributed by atoms with Gasteiger partial charge in [-0.2, -0.15) is 0 Å². The van der Waals surface area contributed by atoms with Crippen LogP contribution >= 0.6 is 0 Å². The Labute approximate surface area is 213 Å². The third kappa shape index (κ3) is 12.9. The van der Waals surface area contributed by atoms with Gasteiger partial charge in [0.25, 0.3) is 0 Å². The molecule has 0 fully saturated rings. The van der Waals surface area contributed by atoms with E-state index < -0.39 is 7.32 Å². The monoisotopic (exact) mass is 475 g/mol. The molecule has 0 N–H and O–H groups in total. The van der Waals surface area contributed by atoms with Crippen molar-refractivity contribution >= 4 is 7.32 Å². The zero-order chi connectivity index (χ0) is 25.0. The Balaban J connectivity index is 0.000000287. The van der Waals surface area contributed by atoms with Crippen molar-refractivity contribution in [3.8, 4) is 17.2 Å². The van der Waals surface area contributed by atoms with Gasteiger partial charge in [-0.3, -0.25) is 0 Å². The maximum Gasteiger partial charge on any atom is 0.864 e. The average Bonchev–Trinajstić information content (AvgIpc) is 2.90. The molecule has 0 saturated heterocycles. The van der Waals surface area contributed by atoms with Crippen LogP contribution in [-0.2, 0) is 0 Å². The number of unbranched alkanes of at least 4 members (excludes halogenated alkanes) is 3. The first kappa shape index (κ1) is 28.3. The molecule has 3 aromatic rings. The second-order valence-corrected chi connectivity index (χ2v) is 8.48. The smallest absolute Gasteiger partial charge is 0.490 e. The van der Waals surface area contributed by atoms with Crippen LogP contribution in [0.3, 0.4) is 0 Å². The summed E-state index contributed by atoms with van der Waals surface area (Å²) in [5, 5.41) is 0. The fraction of sp³-hybridized carbons (Fsp3) is 0.400. The van der Waals surface area contributed by atoms with Crippen molar-refractivity contribution in [2.75, 3.05) is 19.6 Å². The molecule has 0 aliphatic rings. The van der Waals surface area contributed by atoms with Gasteiger partial charge in [-0.25, -0.2) is 0 Å². The maximum atomic E-state index is 5.78. The highest BCUT2D eigenvalue weighted by Crippen LogP contribution is 2.17. The zero-order valence-corrected chi connectivity index (χ0v) is 21.8. The highest BCUT2D eigenvalue weighted by Gasteiger charge is 2.30. The normalized spacial score (nSPS) is 10.3. The van der Waals surface area contributed by atoms with Crippen molar-refractivity contribution in [2.24, 2.45) is 0 Å². The molecule has 4 nitrogen and oxygen atoms in total. The molecule has 188 valence electrons. The van der Waals surface area contributed by atoms with Gasteiger partial charge >= 0.3 is 7.32 Å². The first-order valence-corrected chi connectivity index (χ1v) is 13.1. The van der Waals surface area contributed by atoms with Crippen molar-refractivity contribution < 1.29 is 14.0 Å². The molecule has 0 aromatic heterocycles. The van der Waals surface area contributed by atoms with Gasteiger partial charge in [0.15, 0.2) is 0 Å². The number of hydrogen-bond donors (Lipinski definition) is 0. The van der Waals surface area contributed by atoms with Crippen LogP contribution in [0, 0.1) is 0 Å². The molecule has 0 bridgehead atoms. The Bertz CT molecular complexity index is 747. The third-order valence-electron chi connectivity index (χ3n) is 5.41. The molecule has 0 amide bonds. The van der Waals surface area contributed by atoms with Crippen LogP contribution in [0.2, 0.25) is 0 Å². The van der Waals surface area contributed by atoms with E-state index >= 15 is 0 Å². The lowest BCUT2D eigenvalue weighted by Gasteiger charge is -2.21. The van der Waals surface area contributed by atoms with E-state index in [0.29, 0.717) is 17.2 Å². The molecule has 5 heteroatoms. The summed E-state index contributed by atoms with van der Waals surface area (Å²) in [6.07, 6.45) is 8.09. The minimum atomic E-state index is -0.868.